The van der Waals surface area contributed by atoms with Gasteiger partial charge in [-0.2, -0.15) is 0 Å². The summed E-state index contributed by atoms with van der Waals surface area (Å²) in [4.78, 5) is 28.1. The Morgan fingerprint density at radius 1 is 1.31 bits per heavy atom. The molecule has 1 aliphatic rings. The Bertz CT molecular complexity index is 399. The summed E-state index contributed by atoms with van der Waals surface area (Å²) in [6.45, 7) is 0.730. The van der Waals surface area contributed by atoms with Crippen molar-refractivity contribution in [2.24, 2.45) is 5.73 Å². The number of hydrogen-bond acceptors (Lipinski definition) is 5. The van der Waals surface area contributed by atoms with Crippen molar-refractivity contribution >= 4 is 17.6 Å². The molecule has 3 N–H and O–H groups in total. The summed E-state index contributed by atoms with van der Waals surface area (Å²) in [7, 11) is 0. The fourth-order valence-electron chi connectivity index (χ4n) is 1.52. The summed E-state index contributed by atoms with van der Waals surface area (Å²) in [5.74, 6) is 0.00213. The molecular weight excluding hydrogens is 208 g/mol. The zero-order valence-electron chi connectivity index (χ0n) is 8.64. The number of amides is 2. The van der Waals surface area contributed by atoms with E-state index in [0.717, 1.165) is 5.56 Å². The molecule has 2 rings (SSSR count). The number of carbonyl (C=O) groups is 2. The second-order valence-corrected chi connectivity index (χ2v) is 3.56. The topological polar surface area (TPSA) is 88.3 Å². The molecule has 1 aromatic rings. The molecule has 0 unspecified atom stereocenters. The van der Waals surface area contributed by atoms with Gasteiger partial charge in [0.15, 0.2) is 0 Å². The van der Waals surface area contributed by atoms with Crippen molar-refractivity contribution in [1.82, 2.24) is 10.3 Å². The minimum Gasteiger partial charge on any atom is -0.338 e. The maximum atomic E-state index is 11.2. The van der Waals surface area contributed by atoms with Gasteiger partial charge in [0.1, 0.15) is 5.82 Å². The Hall–Kier alpha value is -1.95. The summed E-state index contributed by atoms with van der Waals surface area (Å²) in [6.07, 6.45) is 1.65. The van der Waals surface area contributed by atoms with Crippen LogP contribution in [0.3, 0.4) is 0 Å². The van der Waals surface area contributed by atoms with Crippen LogP contribution in [-0.2, 0) is 16.1 Å². The van der Waals surface area contributed by atoms with E-state index in [-0.39, 0.29) is 24.9 Å². The first-order chi connectivity index (χ1) is 7.69. The third-order valence-electron chi connectivity index (χ3n) is 2.32. The maximum Gasteiger partial charge on any atom is 0.246 e. The standard InChI is InChI=1S/C10H12N4O2/c11-3-7-1-2-8(12-4-7)14-5-9(15)13-10(16)6-14/h1-2,4H,3,5-6,11H2,(H,13,15,16). The first-order valence-electron chi connectivity index (χ1n) is 4.91. The van der Waals surface area contributed by atoms with E-state index in [0.29, 0.717) is 12.4 Å². The van der Waals surface area contributed by atoms with E-state index in [1.165, 1.54) is 0 Å². The van der Waals surface area contributed by atoms with Gasteiger partial charge in [0, 0.05) is 12.7 Å². The zero-order valence-corrected chi connectivity index (χ0v) is 8.64. The van der Waals surface area contributed by atoms with E-state index >= 15 is 0 Å². The quantitative estimate of drug-likeness (QED) is 0.624. The fourth-order valence-corrected chi connectivity index (χ4v) is 1.52. The van der Waals surface area contributed by atoms with E-state index in [4.69, 9.17) is 5.73 Å². The van der Waals surface area contributed by atoms with Crippen molar-refractivity contribution < 1.29 is 9.59 Å². The van der Waals surface area contributed by atoms with E-state index in [1.807, 2.05) is 6.07 Å². The van der Waals surface area contributed by atoms with Crippen LogP contribution in [0.4, 0.5) is 5.82 Å². The number of piperazine rings is 1. The van der Waals surface area contributed by atoms with Gasteiger partial charge >= 0.3 is 0 Å². The molecule has 0 spiro atoms. The van der Waals surface area contributed by atoms with Crippen molar-refractivity contribution in [3.63, 3.8) is 0 Å². The summed E-state index contributed by atoms with van der Waals surface area (Å²) in [6, 6.07) is 3.59. The van der Waals surface area contributed by atoms with Crippen LogP contribution >= 0.6 is 0 Å². The predicted molar refractivity (Wildman–Crippen MR) is 57.5 cm³/mol. The number of nitrogens with two attached hydrogens (primary N) is 1. The van der Waals surface area contributed by atoms with Gasteiger partial charge in [0.05, 0.1) is 13.1 Å². The molecule has 2 heterocycles. The van der Waals surface area contributed by atoms with Crippen LogP contribution in [-0.4, -0.2) is 29.9 Å². The number of hydrogen-bond donors (Lipinski definition) is 2. The third-order valence-corrected chi connectivity index (χ3v) is 2.32. The van der Waals surface area contributed by atoms with Crippen LogP contribution in [0.25, 0.3) is 0 Å². The van der Waals surface area contributed by atoms with Crippen molar-refractivity contribution in [2.45, 2.75) is 6.54 Å². The van der Waals surface area contributed by atoms with E-state index in [9.17, 15) is 9.59 Å². The maximum absolute atomic E-state index is 11.2. The van der Waals surface area contributed by atoms with Gasteiger partial charge in [0.2, 0.25) is 11.8 Å². The average Bonchev–Trinajstić information content (AvgIpc) is 2.28. The molecule has 0 atom stereocenters. The summed E-state index contributed by atoms with van der Waals surface area (Å²) in [5, 5.41) is 2.23. The highest BCUT2D eigenvalue weighted by Gasteiger charge is 2.23. The van der Waals surface area contributed by atoms with Gasteiger partial charge in [-0.15, -0.1) is 0 Å². The van der Waals surface area contributed by atoms with Crippen molar-refractivity contribution in [3.05, 3.63) is 23.9 Å². The second-order valence-electron chi connectivity index (χ2n) is 3.56. The van der Waals surface area contributed by atoms with Crippen LogP contribution in [0.5, 0.6) is 0 Å². The molecule has 1 fully saturated rings. The Balaban J connectivity index is 2.16. The normalized spacial score (nSPS) is 16.2. The second kappa shape index (κ2) is 4.28. The molecule has 1 aromatic heterocycles. The molecule has 0 aromatic carbocycles. The monoisotopic (exact) mass is 220 g/mol. The molecule has 16 heavy (non-hydrogen) atoms. The van der Waals surface area contributed by atoms with Crippen LogP contribution < -0.4 is 16.0 Å². The zero-order chi connectivity index (χ0) is 11.5. The van der Waals surface area contributed by atoms with Gasteiger partial charge in [0.25, 0.3) is 0 Å². The molecule has 0 radical (unpaired) electrons. The number of rotatable bonds is 2. The number of imide groups is 1. The lowest BCUT2D eigenvalue weighted by Crippen LogP contribution is -2.51. The molecule has 0 bridgehead atoms. The molecule has 0 saturated carbocycles. The molecular formula is C10H12N4O2. The van der Waals surface area contributed by atoms with E-state index < -0.39 is 0 Å². The summed E-state index contributed by atoms with van der Waals surface area (Å²) in [5.41, 5.74) is 6.36. The van der Waals surface area contributed by atoms with Crippen LogP contribution in [0.15, 0.2) is 18.3 Å². The molecule has 6 nitrogen and oxygen atoms in total. The predicted octanol–water partition coefficient (Wildman–Crippen LogP) is -0.997. The van der Waals surface area contributed by atoms with Gasteiger partial charge in [-0.3, -0.25) is 14.9 Å². The van der Waals surface area contributed by atoms with Crippen LogP contribution in [0.1, 0.15) is 5.56 Å². The molecule has 1 aliphatic heterocycles. The summed E-state index contributed by atoms with van der Waals surface area (Å²) >= 11 is 0. The Morgan fingerprint density at radius 3 is 2.50 bits per heavy atom. The number of nitrogens with zero attached hydrogens (tertiary/aromatic N) is 2. The first-order valence-corrected chi connectivity index (χ1v) is 4.91. The lowest BCUT2D eigenvalue weighted by Gasteiger charge is -2.26. The molecule has 84 valence electrons. The largest absolute Gasteiger partial charge is 0.338 e. The number of aromatic nitrogens is 1. The van der Waals surface area contributed by atoms with Gasteiger partial charge in [-0.1, -0.05) is 6.07 Å². The Labute approximate surface area is 92.4 Å². The lowest BCUT2D eigenvalue weighted by molar-refractivity contribution is -0.130. The lowest BCUT2D eigenvalue weighted by atomic mass is 10.2. The van der Waals surface area contributed by atoms with Gasteiger partial charge < -0.3 is 10.6 Å². The van der Waals surface area contributed by atoms with Crippen molar-refractivity contribution in [1.29, 1.82) is 0 Å². The van der Waals surface area contributed by atoms with Crippen molar-refractivity contribution in [3.8, 4) is 0 Å². The SMILES string of the molecule is NCc1ccc(N2CC(=O)NC(=O)C2)nc1. The number of nitrogens with one attached hydrogen (secondary N) is 1. The van der Waals surface area contributed by atoms with E-state index in [1.54, 1.807) is 17.2 Å². The highest BCUT2D eigenvalue weighted by atomic mass is 16.2. The highest BCUT2D eigenvalue weighted by molar-refractivity contribution is 6.02. The third kappa shape index (κ3) is 2.17. The van der Waals surface area contributed by atoms with Crippen molar-refractivity contribution in [2.75, 3.05) is 18.0 Å². The highest BCUT2D eigenvalue weighted by Crippen LogP contribution is 2.12. The fraction of sp³-hybridized carbons (Fsp3) is 0.300. The van der Waals surface area contributed by atoms with Crippen LogP contribution in [0, 0.1) is 0 Å². The number of pyridine rings is 1. The number of carbonyl (C=O) groups excluding carboxylic acids is 2. The minimum absolute atomic E-state index is 0.153. The van der Waals surface area contributed by atoms with Crippen LogP contribution in [0.2, 0.25) is 0 Å². The summed E-state index contributed by atoms with van der Waals surface area (Å²) < 4.78 is 0. The minimum atomic E-state index is -0.305. The number of anilines is 1. The average molecular weight is 220 g/mol. The molecule has 6 heteroatoms. The Morgan fingerprint density at radius 2 is 2.00 bits per heavy atom. The first kappa shape index (κ1) is 10.6. The smallest absolute Gasteiger partial charge is 0.246 e. The Kier molecular flexibility index (Phi) is 2.82. The molecule has 0 aliphatic carbocycles. The van der Waals surface area contributed by atoms with Gasteiger partial charge in [-0.25, -0.2) is 4.98 Å². The van der Waals surface area contributed by atoms with E-state index in [2.05, 4.69) is 10.3 Å². The molecule has 2 amide bonds. The van der Waals surface area contributed by atoms with Gasteiger partial charge in [-0.05, 0) is 11.6 Å². The molecule has 1 saturated heterocycles.